The highest BCUT2D eigenvalue weighted by Crippen LogP contribution is 2.24. The van der Waals surface area contributed by atoms with Crippen molar-refractivity contribution in [1.29, 1.82) is 0 Å². The maximum Gasteiger partial charge on any atom is 0.377 e. The first-order chi connectivity index (χ1) is 17.5. The van der Waals surface area contributed by atoms with Gasteiger partial charge in [0.1, 0.15) is 18.8 Å². The Morgan fingerprint density at radius 2 is 1.49 bits per heavy atom. The van der Waals surface area contributed by atoms with E-state index in [1.165, 1.54) is 6.92 Å². The number of hydrogen-bond donors (Lipinski definition) is 2. The van der Waals surface area contributed by atoms with Gasteiger partial charge in [0.05, 0.1) is 5.92 Å². The summed E-state index contributed by atoms with van der Waals surface area (Å²) in [6, 6.07) is 21.1. The third-order valence-electron chi connectivity index (χ3n) is 6.23. The highest BCUT2D eigenvalue weighted by atomic mass is 16.5. The predicted octanol–water partition coefficient (Wildman–Crippen LogP) is 3.79. The van der Waals surface area contributed by atoms with Crippen LogP contribution in [0, 0.1) is 11.3 Å². The second kappa shape index (κ2) is 11.9. The van der Waals surface area contributed by atoms with Gasteiger partial charge in [-0.05, 0) is 40.7 Å². The first-order valence-electron chi connectivity index (χ1n) is 12.2. The minimum absolute atomic E-state index is 0.0704. The van der Waals surface area contributed by atoms with Crippen LogP contribution in [-0.2, 0) is 36.9 Å². The molecule has 7 heteroatoms. The molecule has 0 aliphatic heterocycles. The van der Waals surface area contributed by atoms with Gasteiger partial charge < -0.3 is 15.2 Å². The van der Waals surface area contributed by atoms with Gasteiger partial charge in [0, 0.05) is 0 Å². The summed E-state index contributed by atoms with van der Waals surface area (Å²) in [5.74, 6) is -4.39. The molecule has 0 saturated carbocycles. The van der Waals surface area contributed by atoms with Crippen molar-refractivity contribution < 1.29 is 29.0 Å². The molecule has 37 heavy (non-hydrogen) atoms. The van der Waals surface area contributed by atoms with Crippen LogP contribution in [0.3, 0.4) is 0 Å². The van der Waals surface area contributed by atoms with Gasteiger partial charge in [-0.3, -0.25) is 14.4 Å². The molecule has 0 radical (unpaired) electrons. The molecular weight excluding hydrogens is 470 g/mol. The average Bonchev–Trinajstić information content (AvgIpc) is 2.87. The normalized spacial score (nSPS) is 13.9. The Labute approximate surface area is 216 Å². The molecule has 0 bridgehead atoms. The van der Waals surface area contributed by atoms with Gasteiger partial charge in [-0.2, -0.15) is 0 Å². The number of carbonyl (C=O) groups is 4. The van der Waals surface area contributed by atoms with Crippen molar-refractivity contribution in [2.24, 2.45) is 11.3 Å². The van der Waals surface area contributed by atoms with Crippen molar-refractivity contribution >= 4 is 34.2 Å². The number of ketones is 2. The SMILES string of the molecule is CC(=O)[C@@H](O)[C@@H](Cc1ccc2ccccc2c1)C(=O)N[C@H](C(=O)C(=O)OCc1ccccc1)C(C)(C)C. The molecule has 3 aromatic carbocycles. The number of fused-ring (bicyclic) bond motifs is 1. The molecule has 194 valence electrons. The number of benzene rings is 3. The van der Waals surface area contributed by atoms with Crippen LogP contribution in [0.5, 0.6) is 0 Å². The third kappa shape index (κ3) is 7.33. The first-order valence-corrected chi connectivity index (χ1v) is 12.2. The number of aliphatic hydroxyl groups excluding tert-OH is 1. The molecule has 2 N–H and O–H groups in total. The van der Waals surface area contributed by atoms with E-state index in [9.17, 15) is 24.3 Å². The smallest absolute Gasteiger partial charge is 0.377 e. The summed E-state index contributed by atoms with van der Waals surface area (Å²) in [6.07, 6.45) is -1.51. The maximum atomic E-state index is 13.4. The van der Waals surface area contributed by atoms with Crippen molar-refractivity contribution in [3.8, 4) is 0 Å². The molecular formula is C30H33NO6. The number of Topliss-reactive ketones (excluding diaryl/α,β-unsaturated/α-hetero) is 2. The first kappa shape index (κ1) is 27.7. The van der Waals surface area contributed by atoms with E-state index in [-0.39, 0.29) is 13.0 Å². The van der Waals surface area contributed by atoms with Crippen molar-refractivity contribution in [2.75, 3.05) is 0 Å². The van der Waals surface area contributed by atoms with E-state index in [0.717, 1.165) is 21.9 Å². The monoisotopic (exact) mass is 503 g/mol. The molecule has 3 atom stereocenters. The minimum atomic E-state index is -1.58. The van der Waals surface area contributed by atoms with E-state index in [1.807, 2.05) is 48.5 Å². The number of ether oxygens (including phenoxy) is 1. The van der Waals surface area contributed by atoms with E-state index in [0.29, 0.717) is 0 Å². The number of amides is 1. The fraction of sp³-hybridized carbons (Fsp3) is 0.333. The van der Waals surface area contributed by atoms with Crippen LogP contribution >= 0.6 is 0 Å². The number of aliphatic hydroxyl groups is 1. The van der Waals surface area contributed by atoms with Gasteiger partial charge in [0.15, 0.2) is 5.78 Å². The highest BCUT2D eigenvalue weighted by molar-refractivity contribution is 6.36. The summed E-state index contributed by atoms with van der Waals surface area (Å²) in [6.45, 7) is 6.25. The second-order valence-corrected chi connectivity index (χ2v) is 10.3. The third-order valence-corrected chi connectivity index (χ3v) is 6.23. The average molecular weight is 504 g/mol. The topological polar surface area (TPSA) is 110 Å². The number of rotatable bonds is 10. The molecule has 0 spiro atoms. The summed E-state index contributed by atoms with van der Waals surface area (Å²) in [5.41, 5.74) is 0.632. The van der Waals surface area contributed by atoms with Crippen molar-refractivity contribution in [3.05, 3.63) is 83.9 Å². The Balaban J connectivity index is 1.79. The predicted molar refractivity (Wildman–Crippen MR) is 140 cm³/mol. The molecule has 3 aromatic rings. The van der Waals surface area contributed by atoms with Crippen LogP contribution < -0.4 is 5.32 Å². The van der Waals surface area contributed by atoms with E-state index in [4.69, 9.17) is 4.74 Å². The van der Waals surface area contributed by atoms with Crippen molar-refractivity contribution in [2.45, 2.75) is 52.9 Å². The Kier molecular flexibility index (Phi) is 8.95. The second-order valence-electron chi connectivity index (χ2n) is 10.3. The molecule has 0 unspecified atom stereocenters. The minimum Gasteiger partial charge on any atom is -0.455 e. The summed E-state index contributed by atoms with van der Waals surface area (Å²) in [4.78, 5) is 51.1. The number of carbonyl (C=O) groups excluding carboxylic acids is 4. The lowest BCUT2D eigenvalue weighted by Crippen LogP contribution is -2.55. The Morgan fingerprint density at radius 3 is 2.11 bits per heavy atom. The zero-order chi connectivity index (χ0) is 27.2. The van der Waals surface area contributed by atoms with Crippen molar-refractivity contribution in [1.82, 2.24) is 5.32 Å². The van der Waals surface area contributed by atoms with Gasteiger partial charge >= 0.3 is 5.97 Å². The van der Waals surface area contributed by atoms with Gasteiger partial charge in [0.25, 0.3) is 5.78 Å². The van der Waals surface area contributed by atoms with Crippen LogP contribution in [0.2, 0.25) is 0 Å². The van der Waals surface area contributed by atoms with Gasteiger partial charge in [0.2, 0.25) is 5.91 Å². The van der Waals surface area contributed by atoms with Crippen LogP contribution in [0.4, 0.5) is 0 Å². The van der Waals surface area contributed by atoms with E-state index >= 15 is 0 Å². The van der Waals surface area contributed by atoms with E-state index in [1.54, 1.807) is 45.0 Å². The van der Waals surface area contributed by atoms with Crippen LogP contribution in [0.25, 0.3) is 10.8 Å². The Morgan fingerprint density at radius 1 is 0.865 bits per heavy atom. The summed E-state index contributed by atoms with van der Waals surface area (Å²) >= 11 is 0. The zero-order valence-electron chi connectivity index (χ0n) is 21.6. The fourth-order valence-corrected chi connectivity index (χ4v) is 4.09. The molecule has 0 saturated heterocycles. The molecule has 3 rings (SSSR count). The molecule has 0 aliphatic rings. The van der Waals surface area contributed by atoms with Crippen molar-refractivity contribution in [3.63, 3.8) is 0 Å². The summed E-state index contributed by atoms with van der Waals surface area (Å²) < 4.78 is 5.19. The van der Waals surface area contributed by atoms with Gasteiger partial charge in [-0.25, -0.2) is 4.79 Å². The highest BCUT2D eigenvalue weighted by Gasteiger charge is 2.40. The Bertz CT molecular complexity index is 1280. The summed E-state index contributed by atoms with van der Waals surface area (Å²) in [5, 5.41) is 15.2. The number of esters is 1. The number of hydrogen-bond acceptors (Lipinski definition) is 6. The van der Waals surface area contributed by atoms with Gasteiger partial charge in [-0.15, -0.1) is 0 Å². The molecule has 7 nitrogen and oxygen atoms in total. The number of nitrogens with one attached hydrogen (secondary N) is 1. The van der Waals surface area contributed by atoms with Crippen LogP contribution in [-0.4, -0.2) is 40.7 Å². The van der Waals surface area contributed by atoms with E-state index < -0.39 is 46.9 Å². The lowest BCUT2D eigenvalue weighted by atomic mass is 9.83. The van der Waals surface area contributed by atoms with Crippen LogP contribution in [0.1, 0.15) is 38.8 Å². The van der Waals surface area contributed by atoms with Gasteiger partial charge in [-0.1, -0.05) is 93.6 Å². The quantitative estimate of drug-likeness (QED) is 0.322. The molecule has 1 amide bonds. The fourth-order valence-electron chi connectivity index (χ4n) is 4.09. The standard InChI is InChI=1S/C30H33NO6/c1-19(32)25(33)24(17-21-14-15-22-12-8-9-13-23(22)16-21)28(35)31-27(30(2,3)4)26(34)29(36)37-18-20-10-6-5-7-11-20/h5-16,24-25,27,33H,17-18H2,1-4H3,(H,31,35)/t24-,25-,27-/m1/s1. The lowest BCUT2D eigenvalue weighted by Gasteiger charge is -2.31. The molecule has 0 heterocycles. The molecule has 0 fully saturated rings. The largest absolute Gasteiger partial charge is 0.455 e. The van der Waals surface area contributed by atoms with Crippen LogP contribution in [0.15, 0.2) is 72.8 Å². The maximum absolute atomic E-state index is 13.4. The Hall–Kier alpha value is -3.84. The zero-order valence-corrected chi connectivity index (χ0v) is 21.6. The molecule has 0 aromatic heterocycles. The summed E-state index contributed by atoms with van der Waals surface area (Å²) in [7, 11) is 0. The van der Waals surface area contributed by atoms with E-state index in [2.05, 4.69) is 5.32 Å². The lowest BCUT2D eigenvalue weighted by molar-refractivity contribution is -0.157. The molecule has 0 aliphatic carbocycles.